The van der Waals surface area contributed by atoms with E-state index in [0.717, 1.165) is 0 Å². The Labute approximate surface area is 129 Å². The summed E-state index contributed by atoms with van der Waals surface area (Å²) in [5.74, 6) is -0.376. The molecule has 0 aliphatic heterocycles. The third-order valence-electron chi connectivity index (χ3n) is 2.60. The largest absolute Gasteiger partial charge is 0.490 e. The Kier molecular flexibility index (Phi) is 5.16. The third-order valence-corrected chi connectivity index (χ3v) is 3.26. The molecule has 21 heavy (non-hydrogen) atoms. The molecule has 0 spiro atoms. The molecule has 0 aliphatic rings. The van der Waals surface area contributed by atoms with Crippen molar-refractivity contribution in [1.29, 1.82) is 0 Å². The molecule has 4 nitrogen and oxygen atoms in total. The molecular weight excluding hydrogens is 343 g/mol. The van der Waals surface area contributed by atoms with E-state index in [-0.39, 0.29) is 24.6 Å². The van der Waals surface area contributed by atoms with E-state index in [1.54, 1.807) is 6.07 Å². The van der Waals surface area contributed by atoms with Crippen molar-refractivity contribution >= 4 is 21.9 Å². The highest BCUT2D eigenvalue weighted by Crippen LogP contribution is 2.26. The highest BCUT2D eigenvalue weighted by molar-refractivity contribution is 9.10. The van der Waals surface area contributed by atoms with Gasteiger partial charge in [0.05, 0.1) is 10.0 Å². The van der Waals surface area contributed by atoms with Crippen LogP contribution in [0, 0.1) is 5.82 Å². The van der Waals surface area contributed by atoms with E-state index < -0.39 is 5.97 Å². The quantitative estimate of drug-likeness (QED) is 0.802. The molecule has 6 heteroatoms. The summed E-state index contributed by atoms with van der Waals surface area (Å²) in [6, 6.07) is 10.2. The van der Waals surface area contributed by atoms with Crippen LogP contribution in [0.15, 0.2) is 46.9 Å². The number of hydrogen-bond donors (Lipinski definition) is 1. The van der Waals surface area contributed by atoms with Crippen LogP contribution in [0.4, 0.5) is 4.39 Å². The number of halogens is 2. The van der Waals surface area contributed by atoms with Gasteiger partial charge in [-0.2, -0.15) is 0 Å². The number of carbonyl (C=O) groups is 1. The highest BCUT2D eigenvalue weighted by atomic mass is 79.9. The van der Waals surface area contributed by atoms with Crippen LogP contribution in [0.1, 0.15) is 10.4 Å². The predicted octanol–water partition coefficient (Wildman–Crippen LogP) is 3.74. The lowest BCUT2D eigenvalue weighted by Gasteiger charge is -2.10. The maximum absolute atomic E-state index is 12.7. The van der Waals surface area contributed by atoms with Gasteiger partial charge in [0, 0.05) is 0 Å². The van der Waals surface area contributed by atoms with Crippen LogP contribution in [0.2, 0.25) is 0 Å². The summed E-state index contributed by atoms with van der Waals surface area (Å²) in [6.45, 7) is 0.494. The van der Waals surface area contributed by atoms with Crippen molar-refractivity contribution < 1.29 is 23.8 Å². The molecule has 110 valence electrons. The molecule has 0 heterocycles. The summed E-state index contributed by atoms with van der Waals surface area (Å²) in [6.07, 6.45) is 0. The van der Waals surface area contributed by atoms with Crippen molar-refractivity contribution in [2.45, 2.75) is 0 Å². The van der Waals surface area contributed by atoms with Crippen LogP contribution in [0.25, 0.3) is 0 Å². The van der Waals surface area contributed by atoms with Crippen molar-refractivity contribution in [3.8, 4) is 11.5 Å². The van der Waals surface area contributed by atoms with Gasteiger partial charge >= 0.3 is 5.97 Å². The van der Waals surface area contributed by atoms with Gasteiger partial charge in [0.25, 0.3) is 0 Å². The van der Waals surface area contributed by atoms with Crippen LogP contribution in [-0.2, 0) is 0 Å². The number of benzene rings is 2. The fraction of sp³-hybridized carbons (Fsp3) is 0.133. The molecule has 0 radical (unpaired) electrons. The Hall–Kier alpha value is -2.08. The van der Waals surface area contributed by atoms with Crippen molar-refractivity contribution in [1.82, 2.24) is 0 Å². The summed E-state index contributed by atoms with van der Waals surface area (Å²) >= 11 is 3.28. The summed E-state index contributed by atoms with van der Waals surface area (Å²) < 4.78 is 24.2. The second-order valence-corrected chi connectivity index (χ2v) is 4.96. The zero-order valence-corrected chi connectivity index (χ0v) is 12.5. The van der Waals surface area contributed by atoms with Crippen molar-refractivity contribution in [3.63, 3.8) is 0 Å². The van der Waals surface area contributed by atoms with E-state index >= 15 is 0 Å². The topological polar surface area (TPSA) is 55.8 Å². The van der Waals surface area contributed by atoms with Gasteiger partial charge in [0.2, 0.25) is 0 Å². The molecule has 0 amide bonds. The van der Waals surface area contributed by atoms with E-state index in [9.17, 15) is 9.18 Å². The summed E-state index contributed by atoms with van der Waals surface area (Å²) in [5.41, 5.74) is 0.146. The van der Waals surface area contributed by atoms with Crippen LogP contribution in [0.5, 0.6) is 11.5 Å². The Morgan fingerprint density at radius 2 is 1.76 bits per heavy atom. The molecule has 0 aliphatic carbocycles. The maximum atomic E-state index is 12.7. The lowest BCUT2D eigenvalue weighted by Crippen LogP contribution is -2.09. The van der Waals surface area contributed by atoms with E-state index in [1.807, 2.05) is 0 Å². The average Bonchev–Trinajstić information content (AvgIpc) is 2.47. The monoisotopic (exact) mass is 354 g/mol. The minimum Gasteiger partial charge on any atom is -0.490 e. The minimum atomic E-state index is -1.02. The molecule has 0 saturated carbocycles. The van der Waals surface area contributed by atoms with Crippen molar-refractivity contribution in [2.24, 2.45) is 0 Å². The summed E-state index contributed by atoms with van der Waals surface area (Å²) in [7, 11) is 0. The molecule has 0 unspecified atom stereocenters. The fourth-order valence-electron chi connectivity index (χ4n) is 1.59. The number of rotatable bonds is 6. The molecule has 2 rings (SSSR count). The first-order valence-electron chi connectivity index (χ1n) is 6.10. The first-order valence-corrected chi connectivity index (χ1v) is 6.89. The first-order chi connectivity index (χ1) is 10.1. The Morgan fingerprint density at radius 3 is 2.43 bits per heavy atom. The molecular formula is C15H12BrFO4. The molecule has 0 aromatic heterocycles. The predicted molar refractivity (Wildman–Crippen MR) is 78.5 cm³/mol. The van der Waals surface area contributed by atoms with Gasteiger partial charge in [-0.1, -0.05) is 0 Å². The molecule has 0 saturated heterocycles. The van der Waals surface area contributed by atoms with E-state index in [2.05, 4.69) is 15.9 Å². The fourth-order valence-corrected chi connectivity index (χ4v) is 1.95. The molecule has 2 aromatic rings. The van der Waals surface area contributed by atoms with Gasteiger partial charge in [-0.25, -0.2) is 9.18 Å². The standard InChI is InChI=1S/C15H12BrFO4/c16-13-6-1-10(15(18)19)9-14(13)21-8-7-20-12-4-2-11(17)3-5-12/h1-6,9H,7-8H2,(H,18,19). The van der Waals surface area contributed by atoms with Gasteiger partial charge in [-0.15, -0.1) is 0 Å². The number of aromatic carboxylic acids is 1. The zero-order valence-electron chi connectivity index (χ0n) is 10.9. The van der Waals surface area contributed by atoms with Gasteiger partial charge in [-0.05, 0) is 58.4 Å². The molecule has 1 N–H and O–H groups in total. The maximum Gasteiger partial charge on any atom is 0.335 e. The van der Waals surface area contributed by atoms with Crippen LogP contribution in [0.3, 0.4) is 0 Å². The number of hydrogen-bond acceptors (Lipinski definition) is 3. The highest BCUT2D eigenvalue weighted by Gasteiger charge is 2.08. The first kappa shape index (κ1) is 15.3. The Balaban J connectivity index is 1.87. The van der Waals surface area contributed by atoms with Crippen LogP contribution >= 0.6 is 15.9 Å². The summed E-state index contributed by atoms with van der Waals surface area (Å²) in [5, 5.41) is 8.92. The second kappa shape index (κ2) is 7.08. The van der Waals surface area contributed by atoms with Crippen LogP contribution in [-0.4, -0.2) is 24.3 Å². The van der Waals surface area contributed by atoms with Gasteiger partial charge in [-0.3, -0.25) is 0 Å². The average molecular weight is 355 g/mol. The zero-order chi connectivity index (χ0) is 15.2. The lowest BCUT2D eigenvalue weighted by molar-refractivity contribution is 0.0696. The Morgan fingerprint density at radius 1 is 1.10 bits per heavy atom. The summed E-state index contributed by atoms with van der Waals surface area (Å²) in [4.78, 5) is 10.9. The Bertz CT molecular complexity index is 628. The van der Waals surface area contributed by atoms with Crippen molar-refractivity contribution in [3.05, 3.63) is 58.3 Å². The normalized spacial score (nSPS) is 10.2. The van der Waals surface area contributed by atoms with Crippen LogP contribution < -0.4 is 9.47 Å². The molecule has 0 fully saturated rings. The molecule has 0 bridgehead atoms. The molecule has 2 aromatic carbocycles. The molecule has 0 atom stereocenters. The number of carboxylic acid groups (broad SMARTS) is 1. The van der Waals surface area contributed by atoms with E-state index in [1.165, 1.54) is 36.4 Å². The van der Waals surface area contributed by atoms with Gasteiger partial charge < -0.3 is 14.6 Å². The SMILES string of the molecule is O=C(O)c1ccc(Br)c(OCCOc2ccc(F)cc2)c1. The minimum absolute atomic E-state index is 0.146. The smallest absolute Gasteiger partial charge is 0.335 e. The van der Waals surface area contributed by atoms with E-state index in [4.69, 9.17) is 14.6 Å². The lowest BCUT2D eigenvalue weighted by atomic mass is 10.2. The van der Waals surface area contributed by atoms with E-state index in [0.29, 0.717) is 16.0 Å². The van der Waals surface area contributed by atoms with Gasteiger partial charge in [0.1, 0.15) is 30.5 Å². The van der Waals surface area contributed by atoms with Crippen molar-refractivity contribution in [2.75, 3.05) is 13.2 Å². The number of carboxylic acids is 1. The third kappa shape index (κ3) is 4.46. The van der Waals surface area contributed by atoms with Gasteiger partial charge in [0.15, 0.2) is 0 Å². The number of ether oxygens (including phenoxy) is 2. The second-order valence-electron chi connectivity index (χ2n) is 4.10.